The van der Waals surface area contributed by atoms with Gasteiger partial charge in [-0.3, -0.25) is 4.57 Å². The van der Waals surface area contributed by atoms with Gasteiger partial charge in [0.1, 0.15) is 21.9 Å². The van der Waals surface area contributed by atoms with Gasteiger partial charge in [-0.1, -0.05) is 18.5 Å². The molecule has 0 saturated carbocycles. The van der Waals surface area contributed by atoms with Crippen molar-refractivity contribution in [3.63, 3.8) is 0 Å². The summed E-state index contributed by atoms with van der Waals surface area (Å²) in [6.07, 6.45) is 4.03. The minimum atomic E-state index is -0.357. The summed E-state index contributed by atoms with van der Waals surface area (Å²) in [7, 11) is 1.55. The second kappa shape index (κ2) is 7.94. The molecule has 1 saturated heterocycles. The van der Waals surface area contributed by atoms with E-state index < -0.39 is 0 Å². The Balaban J connectivity index is 1.79. The molecule has 8 nitrogen and oxygen atoms in total. The van der Waals surface area contributed by atoms with Gasteiger partial charge >= 0.3 is 5.69 Å². The van der Waals surface area contributed by atoms with Crippen LogP contribution in [0.25, 0.3) is 33.5 Å². The molecule has 0 aromatic carbocycles. The van der Waals surface area contributed by atoms with Crippen LogP contribution < -0.4 is 10.4 Å². The summed E-state index contributed by atoms with van der Waals surface area (Å²) in [5.74, 6) is 0.471. The number of fused-ring (bicyclic) bond motifs is 3. The molecular formula is C22H21ClN4O4. The smallest absolute Gasteiger partial charge is 0.349 e. The monoisotopic (exact) mass is 440 g/mol. The Morgan fingerprint density at radius 3 is 2.87 bits per heavy atom. The van der Waals surface area contributed by atoms with E-state index in [9.17, 15) is 4.79 Å². The molecule has 1 aliphatic heterocycles. The Bertz CT molecular complexity index is 1320. The molecule has 0 aliphatic carbocycles. The summed E-state index contributed by atoms with van der Waals surface area (Å²) in [4.78, 5) is 26.5. The molecule has 0 amide bonds. The highest BCUT2D eigenvalue weighted by Gasteiger charge is 2.29. The van der Waals surface area contributed by atoms with Crippen molar-refractivity contribution < 1.29 is 13.9 Å². The molecule has 0 spiro atoms. The van der Waals surface area contributed by atoms with Crippen LogP contribution in [0.3, 0.4) is 0 Å². The summed E-state index contributed by atoms with van der Waals surface area (Å²) in [6.45, 7) is 2.67. The van der Waals surface area contributed by atoms with Gasteiger partial charge in [-0.05, 0) is 37.5 Å². The van der Waals surface area contributed by atoms with Gasteiger partial charge in [0.15, 0.2) is 11.2 Å². The lowest BCUT2D eigenvalue weighted by Crippen LogP contribution is -2.34. The first-order valence-electron chi connectivity index (χ1n) is 10.2. The van der Waals surface area contributed by atoms with Gasteiger partial charge in [-0.15, -0.1) is 0 Å². The fourth-order valence-electron chi connectivity index (χ4n) is 4.17. The van der Waals surface area contributed by atoms with Crippen LogP contribution in [0.5, 0.6) is 5.88 Å². The van der Waals surface area contributed by atoms with Gasteiger partial charge in [0.05, 0.1) is 13.2 Å². The number of furan rings is 1. The van der Waals surface area contributed by atoms with Crippen LogP contribution in [-0.4, -0.2) is 39.3 Å². The molecule has 1 aliphatic rings. The van der Waals surface area contributed by atoms with E-state index >= 15 is 0 Å². The first-order valence-corrected chi connectivity index (χ1v) is 10.6. The van der Waals surface area contributed by atoms with Crippen molar-refractivity contribution in [3.8, 4) is 17.1 Å². The van der Waals surface area contributed by atoms with Crippen LogP contribution in [0.1, 0.15) is 32.2 Å². The Hall–Kier alpha value is -2.97. The third kappa shape index (κ3) is 3.45. The quantitative estimate of drug-likeness (QED) is 0.434. The fourth-order valence-corrected chi connectivity index (χ4v) is 4.32. The Kier molecular flexibility index (Phi) is 5.11. The summed E-state index contributed by atoms with van der Waals surface area (Å²) in [5.41, 5.74) is 2.88. The topological polar surface area (TPSA) is 92.3 Å². The molecule has 9 heteroatoms. The predicted molar refractivity (Wildman–Crippen MR) is 117 cm³/mol. The number of aromatic nitrogens is 4. The van der Waals surface area contributed by atoms with Crippen molar-refractivity contribution in [2.24, 2.45) is 0 Å². The van der Waals surface area contributed by atoms with Crippen molar-refractivity contribution in [1.29, 1.82) is 0 Å². The van der Waals surface area contributed by atoms with Gasteiger partial charge in [0, 0.05) is 30.5 Å². The second-order valence-electron chi connectivity index (χ2n) is 7.54. The number of nitrogens with zero attached hydrogens (tertiary/aromatic N) is 4. The third-order valence-corrected chi connectivity index (χ3v) is 5.93. The number of ether oxygens (including phenoxy) is 2. The zero-order valence-corrected chi connectivity index (χ0v) is 17.9. The van der Waals surface area contributed by atoms with E-state index in [1.807, 2.05) is 0 Å². The zero-order chi connectivity index (χ0) is 21.5. The molecule has 5 rings (SSSR count). The van der Waals surface area contributed by atoms with Crippen molar-refractivity contribution in [1.82, 2.24) is 19.5 Å². The highest BCUT2D eigenvalue weighted by atomic mass is 35.5. The summed E-state index contributed by atoms with van der Waals surface area (Å²) in [5, 5.41) is 0.331. The Labute approximate surface area is 182 Å². The molecule has 4 aromatic heterocycles. The number of rotatable bonds is 4. The third-order valence-electron chi connectivity index (χ3n) is 5.72. The van der Waals surface area contributed by atoms with Gasteiger partial charge in [0.25, 0.3) is 0 Å². The lowest BCUT2D eigenvalue weighted by atomic mass is 10.0. The van der Waals surface area contributed by atoms with Crippen molar-refractivity contribution >= 4 is 33.8 Å². The summed E-state index contributed by atoms with van der Waals surface area (Å²) < 4.78 is 18.8. The zero-order valence-electron chi connectivity index (χ0n) is 17.2. The first kappa shape index (κ1) is 20.0. The number of hydrogen-bond acceptors (Lipinski definition) is 7. The van der Waals surface area contributed by atoms with Crippen LogP contribution in [0, 0.1) is 0 Å². The van der Waals surface area contributed by atoms with Crippen LogP contribution in [0.2, 0.25) is 5.15 Å². The van der Waals surface area contributed by atoms with Gasteiger partial charge < -0.3 is 13.9 Å². The van der Waals surface area contributed by atoms with E-state index in [1.165, 1.54) is 0 Å². The van der Waals surface area contributed by atoms with E-state index in [1.54, 1.807) is 42.1 Å². The lowest BCUT2D eigenvalue weighted by molar-refractivity contribution is -0.00710. The van der Waals surface area contributed by atoms with Crippen LogP contribution in [-0.2, 0) is 4.74 Å². The minimum absolute atomic E-state index is 0.0641. The molecule has 160 valence electrons. The van der Waals surface area contributed by atoms with Crippen LogP contribution >= 0.6 is 11.6 Å². The molecule has 0 bridgehead atoms. The summed E-state index contributed by atoms with van der Waals surface area (Å²) in [6, 6.07) is 6.88. The molecule has 4 aromatic rings. The maximum atomic E-state index is 13.3. The number of halogens is 1. The number of pyridine rings is 2. The molecule has 0 radical (unpaired) electrons. The maximum Gasteiger partial charge on any atom is 0.349 e. The maximum absolute atomic E-state index is 13.3. The minimum Gasteiger partial charge on any atom is -0.481 e. The SMILES string of the molecule is CC[C@H]1C[C@@H](n2c(=O)nc(-c3ccc(OC)nc3)c3oc4ccc(Cl)nc4c32)CCO1. The second-order valence-corrected chi connectivity index (χ2v) is 7.93. The van der Waals surface area contributed by atoms with Crippen molar-refractivity contribution in [2.45, 2.75) is 38.3 Å². The number of hydrogen-bond donors (Lipinski definition) is 0. The van der Waals surface area contributed by atoms with Crippen molar-refractivity contribution in [2.75, 3.05) is 13.7 Å². The predicted octanol–water partition coefficient (Wildman–Crippen LogP) is 4.39. The standard InChI is InChI=1S/C22H21ClN4O4/c1-3-14-10-13(8-9-30-14)27-20-19-15(5-6-16(23)25-19)31-21(20)18(26-22(27)28)12-4-7-17(29-2)24-11-12/h4-7,11,13-14H,3,8-10H2,1-2H3/t13-,14-/m0/s1. The normalized spacial score (nSPS) is 19.2. The fraction of sp³-hybridized carbons (Fsp3) is 0.364. The highest BCUT2D eigenvalue weighted by molar-refractivity contribution is 6.30. The van der Waals surface area contributed by atoms with E-state index in [2.05, 4.69) is 21.9 Å². The van der Waals surface area contributed by atoms with Gasteiger partial charge in [-0.2, -0.15) is 4.98 Å². The van der Waals surface area contributed by atoms with E-state index in [-0.39, 0.29) is 17.8 Å². The van der Waals surface area contributed by atoms with Crippen LogP contribution in [0.15, 0.2) is 39.7 Å². The van der Waals surface area contributed by atoms with Crippen LogP contribution in [0.4, 0.5) is 0 Å². The molecule has 0 unspecified atom stereocenters. The molecule has 0 N–H and O–H groups in total. The highest BCUT2D eigenvalue weighted by Crippen LogP contribution is 2.36. The Morgan fingerprint density at radius 1 is 1.26 bits per heavy atom. The first-order chi connectivity index (χ1) is 15.1. The number of methoxy groups -OCH3 is 1. The van der Waals surface area contributed by atoms with Gasteiger partial charge in [-0.25, -0.2) is 14.8 Å². The average Bonchev–Trinajstić information content (AvgIpc) is 3.17. The average molecular weight is 441 g/mol. The summed E-state index contributed by atoms with van der Waals surface area (Å²) >= 11 is 6.19. The molecule has 2 atom stereocenters. The van der Waals surface area contributed by atoms with E-state index in [4.69, 9.17) is 25.5 Å². The van der Waals surface area contributed by atoms with E-state index in [0.29, 0.717) is 57.5 Å². The molecule has 1 fully saturated rings. The molecule has 5 heterocycles. The lowest BCUT2D eigenvalue weighted by Gasteiger charge is -2.30. The molecule has 31 heavy (non-hydrogen) atoms. The van der Waals surface area contributed by atoms with Gasteiger partial charge in [0.2, 0.25) is 5.88 Å². The van der Waals surface area contributed by atoms with E-state index in [0.717, 1.165) is 12.8 Å². The van der Waals surface area contributed by atoms with Crippen molar-refractivity contribution in [3.05, 3.63) is 46.1 Å². The Morgan fingerprint density at radius 2 is 2.13 bits per heavy atom. The largest absolute Gasteiger partial charge is 0.481 e. The molecular weight excluding hydrogens is 420 g/mol.